The molecule has 1 aromatic heterocycles. The van der Waals surface area contributed by atoms with Crippen molar-refractivity contribution in [1.29, 1.82) is 0 Å². The Bertz CT molecular complexity index is 947. The summed E-state index contributed by atoms with van der Waals surface area (Å²) < 4.78 is 15.6. The average Bonchev–Trinajstić information content (AvgIpc) is 2.94. The van der Waals surface area contributed by atoms with Gasteiger partial charge >= 0.3 is 5.97 Å². The lowest BCUT2D eigenvalue weighted by atomic mass is 10.0. The summed E-state index contributed by atoms with van der Waals surface area (Å²) >= 11 is 6.11. The Balaban J connectivity index is 2.26. The number of ether oxygens (including phenoxy) is 3. The molecular formula is C20H22ClNO6. The molecule has 0 aliphatic carbocycles. The van der Waals surface area contributed by atoms with E-state index >= 15 is 0 Å². The molecule has 0 spiro atoms. The molecule has 0 fully saturated rings. The maximum Gasteiger partial charge on any atom is 0.339 e. The smallest absolute Gasteiger partial charge is 0.339 e. The van der Waals surface area contributed by atoms with Crippen LogP contribution in [-0.4, -0.2) is 42.8 Å². The van der Waals surface area contributed by atoms with E-state index in [1.165, 1.54) is 40.2 Å². The van der Waals surface area contributed by atoms with Crippen LogP contribution in [0.25, 0.3) is 0 Å². The first-order valence-corrected chi connectivity index (χ1v) is 8.86. The number of esters is 1. The normalized spacial score (nSPS) is 11.7. The lowest BCUT2D eigenvalue weighted by Gasteiger charge is -2.14. The van der Waals surface area contributed by atoms with E-state index in [0.29, 0.717) is 22.6 Å². The second kappa shape index (κ2) is 8.48. The number of carbonyl (C=O) groups is 3. The summed E-state index contributed by atoms with van der Waals surface area (Å²) in [6.07, 6.45) is -1.07. The Morgan fingerprint density at radius 2 is 1.75 bits per heavy atom. The molecule has 0 aliphatic heterocycles. The van der Waals surface area contributed by atoms with Crippen LogP contribution in [0.2, 0.25) is 5.02 Å². The highest BCUT2D eigenvalue weighted by Crippen LogP contribution is 2.36. The van der Waals surface area contributed by atoms with Crippen LogP contribution in [-0.2, 0) is 4.74 Å². The van der Waals surface area contributed by atoms with Gasteiger partial charge in [0, 0.05) is 11.3 Å². The highest BCUT2D eigenvalue weighted by molar-refractivity contribution is 6.32. The second-order valence-corrected chi connectivity index (χ2v) is 6.69. The maximum absolute atomic E-state index is 12.7. The van der Waals surface area contributed by atoms with Gasteiger partial charge in [-0.15, -0.1) is 0 Å². The lowest BCUT2D eigenvalue weighted by Crippen LogP contribution is -2.25. The summed E-state index contributed by atoms with van der Waals surface area (Å²) in [5.41, 5.74) is 1.96. The highest BCUT2D eigenvalue weighted by Gasteiger charge is 2.27. The van der Waals surface area contributed by atoms with Crippen LogP contribution in [0.5, 0.6) is 11.5 Å². The minimum Gasteiger partial charge on any atom is -0.493 e. The van der Waals surface area contributed by atoms with Crippen LogP contribution < -0.4 is 9.47 Å². The second-order valence-electron chi connectivity index (χ2n) is 6.29. The molecule has 1 N–H and O–H groups in total. The molecule has 2 rings (SSSR count). The lowest BCUT2D eigenvalue weighted by molar-refractivity contribution is 0.0316. The fraction of sp³-hybridized carbons (Fsp3) is 0.350. The van der Waals surface area contributed by atoms with Crippen LogP contribution in [0.3, 0.4) is 0 Å². The number of H-pyrrole nitrogens is 1. The van der Waals surface area contributed by atoms with Crippen LogP contribution >= 0.6 is 11.6 Å². The number of methoxy groups -OCH3 is 2. The molecule has 0 unspecified atom stereocenters. The molecular weight excluding hydrogens is 386 g/mol. The van der Waals surface area contributed by atoms with Gasteiger partial charge in [0.15, 0.2) is 23.4 Å². The van der Waals surface area contributed by atoms with E-state index in [4.69, 9.17) is 25.8 Å². The molecule has 0 radical (unpaired) electrons. The molecule has 0 amide bonds. The monoisotopic (exact) mass is 407 g/mol. The Hall–Kier alpha value is -2.80. The minimum absolute atomic E-state index is 0.117. The van der Waals surface area contributed by atoms with Crippen LogP contribution in [0.1, 0.15) is 56.3 Å². The van der Waals surface area contributed by atoms with E-state index < -0.39 is 17.9 Å². The number of aryl methyl sites for hydroxylation is 1. The molecule has 0 saturated heterocycles. The van der Waals surface area contributed by atoms with E-state index in [9.17, 15) is 14.4 Å². The van der Waals surface area contributed by atoms with Gasteiger partial charge in [0.05, 0.1) is 30.5 Å². The first-order valence-electron chi connectivity index (χ1n) is 8.49. The molecule has 0 bridgehead atoms. The Labute approximate surface area is 167 Å². The van der Waals surface area contributed by atoms with E-state index in [1.54, 1.807) is 13.8 Å². The Morgan fingerprint density at radius 3 is 2.25 bits per heavy atom. The summed E-state index contributed by atoms with van der Waals surface area (Å²) in [7, 11) is 2.84. The van der Waals surface area contributed by atoms with Crippen molar-refractivity contribution < 1.29 is 28.6 Å². The summed E-state index contributed by atoms with van der Waals surface area (Å²) in [6.45, 7) is 6.28. The predicted molar refractivity (Wildman–Crippen MR) is 104 cm³/mol. The van der Waals surface area contributed by atoms with E-state index in [-0.39, 0.29) is 27.8 Å². The van der Waals surface area contributed by atoms with E-state index in [0.717, 1.165) is 0 Å². The van der Waals surface area contributed by atoms with Crippen LogP contribution in [0, 0.1) is 13.8 Å². The fourth-order valence-electron chi connectivity index (χ4n) is 3.05. The molecule has 0 saturated carbocycles. The number of hydrogen-bond donors (Lipinski definition) is 1. The number of Topliss-reactive ketones (excluding diaryl/α,β-unsaturated/α-hetero) is 2. The minimum atomic E-state index is -1.07. The third-order valence-electron chi connectivity index (χ3n) is 4.36. The van der Waals surface area contributed by atoms with Crippen LogP contribution in [0.15, 0.2) is 12.1 Å². The SMILES string of the molecule is COc1cc(C(=O)O[C@@H](C)C(=O)c2[nH]c(C)c(C(C)=O)c2C)cc(Cl)c1OC. The number of aromatic amines is 1. The van der Waals surface area contributed by atoms with Crippen molar-refractivity contribution in [1.82, 2.24) is 4.98 Å². The quantitative estimate of drug-likeness (QED) is 0.552. The molecule has 0 aliphatic rings. The van der Waals surface area contributed by atoms with E-state index in [1.807, 2.05) is 0 Å². The number of halogens is 1. The van der Waals surface area contributed by atoms with Crippen molar-refractivity contribution in [3.63, 3.8) is 0 Å². The number of aromatic nitrogens is 1. The summed E-state index contributed by atoms with van der Waals surface area (Å²) in [5.74, 6) is -0.763. The third-order valence-corrected chi connectivity index (χ3v) is 4.64. The topological polar surface area (TPSA) is 94.7 Å². The van der Waals surface area contributed by atoms with Gasteiger partial charge in [-0.3, -0.25) is 9.59 Å². The zero-order valence-corrected chi connectivity index (χ0v) is 17.3. The first kappa shape index (κ1) is 21.5. The van der Waals surface area contributed by atoms with E-state index in [2.05, 4.69) is 4.98 Å². The molecule has 1 aromatic carbocycles. The predicted octanol–water partition coefficient (Wildman–Crippen LogP) is 3.93. The third kappa shape index (κ3) is 4.04. The Kier molecular flexibility index (Phi) is 6.51. The molecule has 8 heteroatoms. The van der Waals surface area contributed by atoms with Gasteiger partial charge in [0.1, 0.15) is 0 Å². The number of carbonyl (C=O) groups excluding carboxylic acids is 3. The van der Waals surface area contributed by atoms with Crippen molar-refractivity contribution in [2.75, 3.05) is 14.2 Å². The van der Waals surface area contributed by atoms with Crippen molar-refractivity contribution in [2.45, 2.75) is 33.8 Å². The van der Waals surface area contributed by atoms with Gasteiger partial charge in [0.25, 0.3) is 0 Å². The van der Waals surface area contributed by atoms with Gasteiger partial charge in [-0.05, 0) is 45.4 Å². The van der Waals surface area contributed by atoms with Gasteiger partial charge in [-0.25, -0.2) is 4.79 Å². The van der Waals surface area contributed by atoms with Crippen molar-refractivity contribution in [3.05, 3.63) is 45.2 Å². The van der Waals surface area contributed by atoms with Gasteiger partial charge in [-0.1, -0.05) is 11.6 Å². The molecule has 150 valence electrons. The van der Waals surface area contributed by atoms with Crippen molar-refractivity contribution >= 4 is 29.1 Å². The summed E-state index contributed by atoms with van der Waals surface area (Å²) in [5, 5.41) is 0.176. The zero-order valence-electron chi connectivity index (χ0n) is 16.6. The average molecular weight is 408 g/mol. The fourth-order valence-corrected chi connectivity index (χ4v) is 3.33. The largest absolute Gasteiger partial charge is 0.493 e. The molecule has 1 heterocycles. The molecule has 28 heavy (non-hydrogen) atoms. The van der Waals surface area contributed by atoms with Crippen molar-refractivity contribution in [2.24, 2.45) is 0 Å². The van der Waals surface area contributed by atoms with Crippen molar-refractivity contribution in [3.8, 4) is 11.5 Å². The first-order chi connectivity index (χ1) is 13.1. The summed E-state index contributed by atoms with van der Waals surface area (Å²) in [6, 6.07) is 2.79. The number of benzene rings is 1. The summed E-state index contributed by atoms with van der Waals surface area (Å²) in [4.78, 5) is 39.9. The molecule has 7 nitrogen and oxygen atoms in total. The molecule has 1 atom stereocenters. The number of ketones is 2. The zero-order chi connectivity index (χ0) is 21.2. The highest BCUT2D eigenvalue weighted by atomic mass is 35.5. The van der Waals surface area contributed by atoms with Gasteiger partial charge in [0.2, 0.25) is 5.78 Å². The maximum atomic E-state index is 12.7. The molecule has 2 aromatic rings. The number of hydrogen-bond acceptors (Lipinski definition) is 6. The van der Waals surface area contributed by atoms with Crippen LogP contribution in [0.4, 0.5) is 0 Å². The standard InChI is InChI=1S/C20H22ClNO6/c1-9-16(11(3)23)10(2)22-17(9)18(24)12(4)28-20(25)13-7-14(21)19(27-6)15(8-13)26-5/h7-8,12,22H,1-6H3/t12-/m0/s1. The van der Waals surface area contributed by atoms with Gasteiger partial charge in [-0.2, -0.15) is 0 Å². The number of nitrogens with one attached hydrogen (secondary N) is 1. The number of rotatable bonds is 7. The van der Waals surface area contributed by atoms with Gasteiger partial charge < -0.3 is 19.2 Å². The Morgan fingerprint density at radius 1 is 1.11 bits per heavy atom.